The predicted molar refractivity (Wildman–Crippen MR) is 76.6 cm³/mol. The van der Waals surface area contributed by atoms with E-state index < -0.39 is 0 Å². The molecule has 0 aliphatic heterocycles. The Labute approximate surface area is 115 Å². The van der Waals surface area contributed by atoms with E-state index in [9.17, 15) is 0 Å². The molecule has 2 N–H and O–H groups in total. The number of nitrogens with zero attached hydrogens (tertiary/aromatic N) is 2. The monoisotopic (exact) mass is 273 g/mol. The van der Waals surface area contributed by atoms with Crippen LogP contribution in [0.4, 0.5) is 5.69 Å². The Kier molecular flexibility index (Phi) is 2.80. The summed E-state index contributed by atoms with van der Waals surface area (Å²) in [5, 5.41) is 0.578. The van der Waals surface area contributed by atoms with Crippen LogP contribution in [0.2, 0.25) is 5.02 Å². The number of nitrogens with two attached hydrogens (primary N) is 1. The van der Waals surface area contributed by atoms with Gasteiger partial charge in [-0.05, 0) is 18.2 Å². The molecule has 3 rings (SSSR count). The van der Waals surface area contributed by atoms with Crippen molar-refractivity contribution in [3.8, 4) is 17.0 Å². The van der Waals surface area contributed by atoms with Gasteiger partial charge in [-0.25, -0.2) is 4.98 Å². The van der Waals surface area contributed by atoms with Crippen LogP contribution in [0.5, 0.6) is 5.75 Å². The molecule has 0 spiro atoms. The van der Waals surface area contributed by atoms with Crippen molar-refractivity contribution in [3.05, 3.63) is 47.7 Å². The molecular formula is C14H12ClN3O. The summed E-state index contributed by atoms with van der Waals surface area (Å²) in [6.07, 6.45) is 3.66. The highest BCUT2D eigenvalue weighted by molar-refractivity contribution is 6.30. The van der Waals surface area contributed by atoms with Crippen LogP contribution < -0.4 is 10.5 Å². The van der Waals surface area contributed by atoms with Gasteiger partial charge in [0.15, 0.2) is 5.65 Å². The van der Waals surface area contributed by atoms with Crippen molar-refractivity contribution in [3.63, 3.8) is 0 Å². The van der Waals surface area contributed by atoms with E-state index in [2.05, 4.69) is 4.98 Å². The lowest BCUT2D eigenvalue weighted by Gasteiger charge is -2.04. The highest BCUT2D eigenvalue weighted by atomic mass is 35.5. The van der Waals surface area contributed by atoms with E-state index in [1.54, 1.807) is 19.4 Å². The fourth-order valence-corrected chi connectivity index (χ4v) is 2.30. The van der Waals surface area contributed by atoms with Crippen LogP contribution in [0, 0.1) is 0 Å². The van der Waals surface area contributed by atoms with E-state index in [1.807, 2.05) is 34.9 Å². The summed E-state index contributed by atoms with van der Waals surface area (Å²) in [6, 6.07) is 9.41. The minimum atomic E-state index is 0.550. The molecule has 19 heavy (non-hydrogen) atoms. The third-order valence-corrected chi connectivity index (χ3v) is 3.14. The molecule has 0 saturated carbocycles. The van der Waals surface area contributed by atoms with Gasteiger partial charge in [0.2, 0.25) is 0 Å². The second-order valence-electron chi connectivity index (χ2n) is 4.17. The molecule has 0 atom stereocenters. The Morgan fingerprint density at radius 1 is 1.26 bits per heavy atom. The maximum absolute atomic E-state index is 5.98. The molecule has 4 nitrogen and oxygen atoms in total. The van der Waals surface area contributed by atoms with Crippen LogP contribution in [-0.4, -0.2) is 16.5 Å². The third kappa shape index (κ3) is 2.00. The number of fused-ring (bicyclic) bond motifs is 1. The summed E-state index contributed by atoms with van der Waals surface area (Å²) >= 11 is 5.98. The second kappa shape index (κ2) is 4.48. The Morgan fingerprint density at radius 2 is 2.05 bits per heavy atom. The van der Waals surface area contributed by atoms with Gasteiger partial charge in [0, 0.05) is 18.0 Å². The molecule has 0 aliphatic carbocycles. The number of imidazole rings is 1. The van der Waals surface area contributed by atoms with Crippen molar-refractivity contribution in [2.75, 3.05) is 12.8 Å². The summed E-state index contributed by atoms with van der Waals surface area (Å²) < 4.78 is 7.16. The Balaban J connectivity index is 2.23. The van der Waals surface area contributed by atoms with Gasteiger partial charge >= 0.3 is 0 Å². The molecule has 0 radical (unpaired) electrons. The fraction of sp³-hybridized carbons (Fsp3) is 0.0714. The van der Waals surface area contributed by atoms with E-state index in [-0.39, 0.29) is 0 Å². The second-order valence-corrected chi connectivity index (χ2v) is 4.61. The third-order valence-electron chi connectivity index (χ3n) is 2.93. The number of anilines is 1. The number of nitrogen functional groups attached to an aromatic ring is 1. The number of para-hydroxylation sites is 1. The van der Waals surface area contributed by atoms with Crippen molar-refractivity contribution in [1.29, 1.82) is 0 Å². The molecule has 0 fully saturated rings. The number of methoxy groups -OCH3 is 1. The summed E-state index contributed by atoms with van der Waals surface area (Å²) in [4.78, 5) is 4.53. The van der Waals surface area contributed by atoms with Crippen LogP contribution in [0.15, 0.2) is 42.7 Å². The minimum absolute atomic E-state index is 0.550. The Hall–Kier alpha value is -2.20. The van der Waals surface area contributed by atoms with Crippen LogP contribution in [0.3, 0.4) is 0 Å². The van der Waals surface area contributed by atoms with Gasteiger partial charge in [-0.15, -0.1) is 0 Å². The summed E-state index contributed by atoms with van der Waals surface area (Å²) in [7, 11) is 1.64. The van der Waals surface area contributed by atoms with E-state index in [1.165, 1.54) is 0 Å². The van der Waals surface area contributed by atoms with Gasteiger partial charge in [0.25, 0.3) is 0 Å². The first-order valence-electron chi connectivity index (χ1n) is 5.76. The van der Waals surface area contributed by atoms with Gasteiger partial charge in [-0.1, -0.05) is 23.7 Å². The number of halogens is 1. The highest BCUT2D eigenvalue weighted by Crippen LogP contribution is 2.30. The number of aromatic nitrogens is 2. The number of benzene rings is 1. The van der Waals surface area contributed by atoms with Crippen molar-refractivity contribution in [2.45, 2.75) is 0 Å². The highest BCUT2D eigenvalue weighted by Gasteiger charge is 2.11. The molecular weight excluding hydrogens is 262 g/mol. The lowest BCUT2D eigenvalue weighted by atomic mass is 10.1. The maximum Gasteiger partial charge on any atom is 0.160 e. The van der Waals surface area contributed by atoms with E-state index >= 15 is 0 Å². The molecule has 0 unspecified atom stereocenters. The fourth-order valence-electron chi connectivity index (χ4n) is 2.07. The molecule has 5 heteroatoms. The van der Waals surface area contributed by atoms with Crippen molar-refractivity contribution < 1.29 is 4.74 Å². The van der Waals surface area contributed by atoms with E-state index in [0.717, 1.165) is 17.0 Å². The lowest BCUT2D eigenvalue weighted by Crippen LogP contribution is -1.91. The van der Waals surface area contributed by atoms with Gasteiger partial charge in [0.1, 0.15) is 5.75 Å². The largest absolute Gasteiger partial charge is 0.496 e. The van der Waals surface area contributed by atoms with Crippen LogP contribution in [0.25, 0.3) is 16.9 Å². The smallest absolute Gasteiger partial charge is 0.160 e. The standard InChI is InChI=1S/C14H12ClN3O/c1-19-13-5-3-2-4-10(13)12-8-18-7-9(15)6-11(16)14(18)17-12/h2-8H,16H2,1H3. The number of hydrogen-bond donors (Lipinski definition) is 1. The zero-order valence-electron chi connectivity index (χ0n) is 10.3. The molecule has 2 heterocycles. The lowest BCUT2D eigenvalue weighted by molar-refractivity contribution is 0.416. The summed E-state index contributed by atoms with van der Waals surface area (Å²) in [6.45, 7) is 0. The zero-order valence-corrected chi connectivity index (χ0v) is 11.1. The Bertz CT molecular complexity index is 752. The molecule has 0 saturated heterocycles. The molecule has 3 aromatic rings. The number of rotatable bonds is 2. The molecule has 0 aliphatic rings. The van der Waals surface area contributed by atoms with E-state index in [0.29, 0.717) is 16.4 Å². The first-order valence-corrected chi connectivity index (χ1v) is 6.14. The number of hydrogen-bond acceptors (Lipinski definition) is 3. The predicted octanol–water partition coefficient (Wildman–Crippen LogP) is 3.25. The molecule has 1 aromatic carbocycles. The van der Waals surface area contributed by atoms with Gasteiger partial charge in [-0.3, -0.25) is 0 Å². The topological polar surface area (TPSA) is 52.5 Å². The first-order chi connectivity index (χ1) is 9.19. The first kappa shape index (κ1) is 11.9. The van der Waals surface area contributed by atoms with Gasteiger partial charge in [0.05, 0.1) is 23.5 Å². The van der Waals surface area contributed by atoms with Crippen molar-refractivity contribution in [1.82, 2.24) is 9.38 Å². The molecule has 96 valence electrons. The number of pyridine rings is 1. The summed E-state index contributed by atoms with van der Waals surface area (Å²) in [5.41, 5.74) is 8.87. The average Bonchev–Trinajstić information content (AvgIpc) is 2.82. The molecule has 0 bridgehead atoms. The minimum Gasteiger partial charge on any atom is -0.496 e. The van der Waals surface area contributed by atoms with Crippen molar-refractivity contribution in [2.24, 2.45) is 0 Å². The Morgan fingerprint density at radius 3 is 2.84 bits per heavy atom. The van der Waals surface area contributed by atoms with Crippen molar-refractivity contribution >= 4 is 22.9 Å². The van der Waals surface area contributed by atoms with Gasteiger partial charge in [-0.2, -0.15) is 0 Å². The molecule has 2 aromatic heterocycles. The molecule has 0 amide bonds. The normalized spacial score (nSPS) is 10.8. The zero-order chi connectivity index (χ0) is 13.4. The van der Waals surface area contributed by atoms with Crippen LogP contribution in [0.1, 0.15) is 0 Å². The van der Waals surface area contributed by atoms with Crippen LogP contribution in [-0.2, 0) is 0 Å². The summed E-state index contributed by atoms with van der Waals surface area (Å²) in [5.74, 6) is 0.774. The number of ether oxygens (including phenoxy) is 1. The average molecular weight is 274 g/mol. The van der Waals surface area contributed by atoms with Crippen LogP contribution >= 0.6 is 11.6 Å². The SMILES string of the molecule is COc1ccccc1-c1cn2cc(Cl)cc(N)c2n1. The maximum atomic E-state index is 5.98. The van der Waals surface area contributed by atoms with Gasteiger partial charge < -0.3 is 14.9 Å². The quantitative estimate of drug-likeness (QED) is 0.780. The van der Waals surface area contributed by atoms with E-state index in [4.69, 9.17) is 22.1 Å².